The number of hydrogen-bond donors (Lipinski definition) is 1. The van der Waals surface area contributed by atoms with Gasteiger partial charge in [0.15, 0.2) is 0 Å². The largest absolute Gasteiger partial charge is 0.380 e. The molecular formula is C13H12BrClN2O2S. The molecule has 0 aliphatic heterocycles. The van der Waals surface area contributed by atoms with E-state index in [2.05, 4.69) is 21.2 Å². The summed E-state index contributed by atoms with van der Waals surface area (Å²) in [5.41, 5.74) is 2.54. The highest BCUT2D eigenvalue weighted by Crippen LogP contribution is 2.33. The number of hydrogen-bond acceptors (Lipinski definition) is 4. The monoisotopic (exact) mass is 374 g/mol. The highest BCUT2D eigenvalue weighted by molar-refractivity contribution is 9.10. The van der Waals surface area contributed by atoms with E-state index in [1.54, 1.807) is 19.1 Å². The third-order valence-electron chi connectivity index (χ3n) is 2.89. The molecule has 4 nitrogen and oxygen atoms in total. The van der Waals surface area contributed by atoms with Crippen LogP contribution >= 0.6 is 38.9 Å². The quantitative estimate of drug-likeness (QED) is 0.582. The van der Waals surface area contributed by atoms with Crippen molar-refractivity contribution >= 4 is 50.2 Å². The van der Waals surface area contributed by atoms with Crippen LogP contribution in [0.2, 0.25) is 4.34 Å². The number of halogens is 2. The van der Waals surface area contributed by atoms with Crippen LogP contribution in [-0.4, -0.2) is 4.92 Å². The Hall–Kier alpha value is -1.11. The summed E-state index contributed by atoms with van der Waals surface area (Å²) in [6.07, 6.45) is 0. The van der Waals surface area contributed by atoms with E-state index in [1.165, 1.54) is 11.3 Å². The molecule has 2 aromatic rings. The van der Waals surface area contributed by atoms with Gasteiger partial charge in [-0.05, 0) is 47.5 Å². The molecule has 0 radical (unpaired) electrons. The van der Waals surface area contributed by atoms with E-state index < -0.39 is 0 Å². The number of nitrogens with one attached hydrogen (secondary N) is 1. The summed E-state index contributed by atoms with van der Waals surface area (Å²) < 4.78 is 1.61. The van der Waals surface area contributed by atoms with Crippen LogP contribution in [0.5, 0.6) is 0 Å². The number of thiophene rings is 1. The smallest absolute Gasteiger partial charge is 0.272 e. The fraction of sp³-hybridized carbons (Fsp3) is 0.231. The first-order chi connectivity index (χ1) is 9.38. The fourth-order valence-corrected chi connectivity index (χ4v) is 3.58. The van der Waals surface area contributed by atoms with Crippen LogP contribution in [0.1, 0.15) is 16.0 Å². The number of nitro benzene ring substituents is 1. The number of nitro groups is 1. The number of anilines is 1. The van der Waals surface area contributed by atoms with E-state index in [-0.39, 0.29) is 10.6 Å². The maximum atomic E-state index is 10.9. The minimum atomic E-state index is -0.359. The van der Waals surface area contributed by atoms with Crippen molar-refractivity contribution in [3.8, 4) is 0 Å². The van der Waals surface area contributed by atoms with Gasteiger partial charge in [-0.25, -0.2) is 0 Å². The number of aryl methyl sites for hydroxylation is 2. The molecule has 0 spiro atoms. The minimum Gasteiger partial charge on any atom is -0.380 e. The molecule has 1 aromatic heterocycles. The van der Waals surface area contributed by atoms with Gasteiger partial charge in [0.05, 0.1) is 4.92 Å². The van der Waals surface area contributed by atoms with Gasteiger partial charge in [0.2, 0.25) is 0 Å². The van der Waals surface area contributed by atoms with Crippen molar-refractivity contribution < 1.29 is 4.92 Å². The summed E-state index contributed by atoms with van der Waals surface area (Å²) in [5, 5.41) is 14.2. The highest BCUT2D eigenvalue weighted by atomic mass is 79.9. The Bertz CT molecular complexity index is 653. The molecule has 0 saturated carbocycles. The molecule has 1 heterocycles. The predicted molar refractivity (Wildman–Crippen MR) is 86.9 cm³/mol. The fourth-order valence-electron chi connectivity index (χ4n) is 1.85. The SMILES string of the molecule is Cc1cc([N+](=O)[O-])c(C)cc1NCc1cc(Br)c(Cl)s1. The maximum Gasteiger partial charge on any atom is 0.272 e. The van der Waals surface area contributed by atoms with Crippen molar-refractivity contribution in [3.05, 3.63) is 53.1 Å². The zero-order valence-corrected chi connectivity index (χ0v) is 14.0. The molecule has 0 unspecified atom stereocenters. The van der Waals surface area contributed by atoms with Crippen LogP contribution in [0.15, 0.2) is 22.7 Å². The second-order valence-electron chi connectivity index (χ2n) is 4.40. The maximum absolute atomic E-state index is 10.9. The zero-order valence-electron chi connectivity index (χ0n) is 10.9. The molecule has 0 aliphatic carbocycles. The summed E-state index contributed by atoms with van der Waals surface area (Å²) in [4.78, 5) is 11.6. The van der Waals surface area contributed by atoms with E-state index >= 15 is 0 Å². The minimum absolute atomic E-state index is 0.148. The Morgan fingerprint density at radius 3 is 2.60 bits per heavy atom. The second-order valence-corrected chi connectivity index (χ2v) is 6.99. The Morgan fingerprint density at radius 1 is 1.35 bits per heavy atom. The summed E-state index contributed by atoms with van der Waals surface area (Å²) in [6.45, 7) is 4.22. The van der Waals surface area contributed by atoms with Crippen molar-refractivity contribution in [2.24, 2.45) is 0 Å². The van der Waals surface area contributed by atoms with Crippen molar-refractivity contribution in [1.29, 1.82) is 0 Å². The lowest BCUT2D eigenvalue weighted by molar-refractivity contribution is -0.385. The topological polar surface area (TPSA) is 55.2 Å². The lowest BCUT2D eigenvalue weighted by Crippen LogP contribution is -2.01. The van der Waals surface area contributed by atoms with Crippen molar-refractivity contribution in [3.63, 3.8) is 0 Å². The first-order valence-electron chi connectivity index (χ1n) is 5.81. The standard InChI is InChI=1S/C13H12BrClN2O2S/c1-7-4-12(17(18)19)8(2)3-11(7)16-6-9-5-10(14)13(15)20-9/h3-5,16H,6H2,1-2H3. The van der Waals surface area contributed by atoms with E-state index in [0.717, 1.165) is 24.9 Å². The van der Waals surface area contributed by atoms with Gasteiger partial charge in [-0.1, -0.05) is 11.6 Å². The third-order valence-corrected chi connectivity index (χ3v) is 5.36. The lowest BCUT2D eigenvalue weighted by atomic mass is 10.1. The van der Waals surface area contributed by atoms with Gasteiger partial charge in [0.1, 0.15) is 4.34 Å². The zero-order chi connectivity index (χ0) is 14.9. The molecule has 0 amide bonds. The molecule has 2 rings (SSSR count). The Kier molecular flexibility index (Phi) is 4.67. The molecule has 0 fully saturated rings. The molecule has 0 saturated heterocycles. The van der Waals surface area contributed by atoms with E-state index in [4.69, 9.17) is 11.6 Å². The average Bonchev–Trinajstić information content (AvgIpc) is 2.69. The molecule has 0 atom stereocenters. The van der Waals surface area contributed by atoms with Gasteiger partial charge >= 0.3 is 0 Å². The number of benzene rings is 1. The van der Waals surface area contributed by atoms with Crippen molar-refractivity contribution in [2.45, 2.75) is 20.4 Å². The van der Waals surface area contributed by atoms with Gasteiger partial charge < -0.3 is 5.32 Å². The molecule has 20 heavy (non-hydrogen) atoms. The Morgan fingerprint density at radius 2 is 2.05 bits per heavy atom. The molecule has 7 heteroatoms. The highest BCUT2D eigenvalue weighted by Gasteiger charge is 2.13. The summed E-state index contributed by atoms with van der Waals surface area (Å²) in [7, 11) is 0. The summed E-state index contributed by atoms with van der Waals surface area (Å²) in [6, 6.07) is 5.36. The first-order valence-corrected chi connectivity index (χ1v) is 7.80. The van der Waals surface area contributed by atoms with Gasteiger partial charge in [-0.3, -0.25) is 10.1 Å². The predicted octanol–water partition coefficient (Wildman–Crippen LogP) is 5.30. The Balaban J connectivity index is 2.17. The van der Waals surface area contributed by atoms with Crippen molar-refractivity contribution in [1.82, 2.24) is 0 Å². The summed E-state index contributed by atoms with van der Waals surface area (Å²) >= 11 is 10.9. The van der Waals surface area contributed by atoms with Gasteiger partial charge in [0, 0.05) is 33.2 Å². The number of nitrogens with zero attached hydrogens (tertiary/aromatic N) is 1. The van der Waals surface area contributed by atoms with Crippen LogP contribution in [-0.2, 0) is 6.54 Å². The normalized spacial score (nSPS) is 10.6. The number of rotatable bonds is 4. The molecule has 1 N–H and O–H groups in total. The molecule has 1 aromatic carbocycles. The lowest BCUT2D eigenvalue weighted by Gasteiger charge is -2.10. The van der Waals surface area contributed by atoms with Gasteiger partial charge in [-0.15, -0.1) is 11.3 Å². The van der Waals surface area contributed by atoms with E-state index in [9.17, 15) is 10.1 Å². The Labute approximate surface area is 134 Å². The third kappa shape index (κ3) is 3.31. The molecule has 0 aliphatic rings. The molecular weight excluding hydrogens is 364 g/mol. The second kappa shape index (κ2) is 6.11. The molecule has 106 valence electrons. The van der Waals surface area contributed by atoms with Crippen LogP contribution in [0.3, 0.4) is 0 Å². The van der Waals surface area contributed by atoms with Crippen LogP contribution in [0.25, 0.3) is 0 Å². The van der Waals surface area contributed by atoms with Crippen LogP contribution < -0.4 is 5.32 Å². The van der Waals surface area contributed by atoms with Crippen LogP contribution in [0, 0.1) is 24.0 Å². The van der Waals surface area contributed by atoms with E-state index in [1.807, 2.05) is 13.0 Å². The van der Waals surface area contributed by atoms with Crippen LogP contribution in [0.4, 0.5) is 11.4 Å². The van der Waals surface area contributed by atoms with E-state index in [0.29, 0.717) is 12.1 Å². The summed E-state index contributed by atoms with van der Waals surface area (Å²) in [5.74, 6) is 0. The first kappa shape index (κ1) is 15.3. The van der Waals surface area contributed by atoms with Gasteiger partial charge in [-0.2, -0.15) is 0 Å². The van der Waals surface area contributed by atoms with Gasteiger partial charge in [0.25, 0.3) is 5.69 Å². The average molecular weight is 376 g/mol. The molecule has 0 bridgehead atoms. The van der Waals surface area contributed by atoms with Crippen molar-refractivity contribution in [2.75, 3.05) is 5.32 Å².